The molecule has 0 atom stereocenters. The Labute approximate surface area is 156 Å². The van der Waals surface area contributed by atoms with Gasteiger partial charge in [-0.15, -0.1) is 0 Å². The summed E-state index contributed by atoms with van der Waals surface area (Å²) in [6, 6.07) is 7.54. The van der Waals surface area contributed by atoms with E-state index in [1.54, 1.807) is 0 Å². The van der Waals surface area contributed by atoms with Crippen LogP contribution in [0, 0.1) is 0 Å². The third kappa shape index (κ3) is 6.84. The van der Waals surface area contributed by atoms with E-state index in [0.717, 1.165) is 44.9 Å². The summed E-state index contributed by atoms with van der Waals surface area (Å²) in [5.74, 6) is 0.848. The molecule has 0 unspecified atom stereocenters. The summed E-state index contributed by atoms with van der Waals surface area (Å²) < 4.78 is 5.75. The number of ether oxygens (including phenoxy) is 1. The molecule has 25 heavy (non-hydrogen) atoms. The summed E-state index contributed by atoms with van der Waals surface area (Å²) in [6.07, 6.45) is 0.929. The average Bonchev–Trinajstić information content (AvgIpc) is 2.57. The second-order valence-electron chi connectivity index (χ2n) is 7.18. The molecule has 0 aliphatic carbocycles. The second kappa shape index (κ2) is 9.41. The Kier molecular flexibility index (Phi) is 7.54. The van der Waals surface area contributed by atoms with E-state index >= 15 is 0 Å². The van der Waals surface area contributed by atoms with Crippen LogP contribution in [0.25, 0.3) is 0 Å². The van der Waals surface area contributed by atoms with E-state index < -0.39 is 0 Å². The molecule has 1 aromatic carbocycles. The minimum Gasteiger partial charge on any atom is -0.491 e. The number of hydrogen-bond acceptors (Lipinski definition) is 4. The number of halogens is 1. The molecule has 1 aliphatic heterocycles. The lowest BCUT2D eigenvalue weighted by Gasteiger charge is -2.35. The van der Waals surface area contributed by atoms with E-state index in [1.807, 2.05) is 24.3 Å². The fourth-order valence-corrected chi connectivity index (χ4v) is 2.92. The quantitative estimate of drug-likeness (QED) is 0.767. The molecule has 5 nitrogen and oxygen atoms in total. The Morgan fingerprint density at radius 3 is 2.48 bits per heavy atom. The maximum Gasteiger partial charge on any atom is 0.234 e. The monoisotopic (exact) mass is 367 g/mol. The minimum absolute atomic E-state index is 0.113. The van der Waals surface area contributed by atoms with Gasteiger partial charge in [-0.2, -0.15) is 0 Å². The van der Waals surface area contributed by atoms with Crippen molar-refractivity contribution >= 4 is 17.5 Å². The summed E-state index contributed by atoms with van der Waals surface area (Å²) in [7, 11) is 0. The topological polar surface area (TPSA) is 44.8 Å². The van der Waals surface area contributed by atoms with Crippen molar-refractivity contribution in [1.82, 2.24) is 15.1 Å². The van der Waals surface area contributed by atoms with Crippen molar-refractivity contribution in [3.05, 3.63) is 29.3 Å². The molecule has 2 rings (SSSR count). The molecule has 140 valence electrons. The summed E-state index contributed by atoms with van der Waals surface area (Å²) in [5, 5.41) is 3.74. The van der Waals surface area contributed by atoms with E-state index in [9.17, 15) is 4.79 Å². The molecule has 6 heteroatoms. The lowest BCUT2D eigenvalue weighted by molar-refractivity contribution is -0.124. The molecule has 0 saturated carbocycles. The first kappa shape index (κ1) is 20.0. The number of hydrogen-bond donors (Lipinski definition) is 1. The van der Waals surface area contributed by atoms with E-state index in [4.69, 9.17) is 16.3 Å². The first-order valence-corrected chi connectivity index (χ1v) is 9.40. The zero-order valence-corrected chi connectivity index (χ0v) is 16.3. The molecule has 0 bridgehead atoms. The van der Waals surface area contributed by atoms with Crippen molar-refractivity contribution in [3.8, 4) is 5.75 Å². The van der Waals surface area contributed by atoms with Gasteiger partial charge in [0, 0.05) is 38.3 Å². The van der Waals surface area contributed by atoms with Crippen molar-refractivity contribution in [2.75, 3.05) is 45.9 Å². The molecule has 1 amide bonds. The zero-order chi connectivity index (χ0) is 18.3. The lowest BCUT2D eigenvalue weighted by Crippen LogP contribution is -2.52. The number of nitrogens with one attached hydrogen (secondary N) is 1. The Morgan fingerprint density at radius 2 is 1.84 bits per heavy atom. The molecule has 1 fully saturated rings. The van der Waals surface area contributed by atoms with Crippen LogP contribution in [0.4, 0.5) is 0 Å². The third-order valence-corrected chi connectivity index (χ3v) is 5.01. The molecule has 1 heterocycles. The highest BCUT2D eigenvalue weighted by Crippen LogP contribution is 2.22. The summed E-state index contributed by atoms with van der Waals surface area (Å²) in [6.45, 7) is 11.9. The van der Waals surface area contributed by atoms with Crippen LogP contribution in [0.2, 0.25) is 5.02 Å². The number of para-hydroxylation sites is 1. The molecule has 1 saturated heterocycles. The smallest absolute Gasteiger partial charge is 0.234 e. The Hall–Kier alpha value is -1.30. The van der Waals surface area contributed by atoms with Crippen molar-refractivity contribution < 1.29 is 9.53 Å². The van der Waals surface area contributed by atoms with Gasteiger partial charge in [0.2, 0.25) is 5.91 Å². The van der Waals surface area contributed by atoms with Crippen LogP contribution in [0.15, 0.2) is 24.3 Å². The second-order valence-corrected chi connectivity index (χ2v) is 7.59. The van der Waals surface area contributed by atoms with Gasteiger partial charge in [-0.05, 0) is 32.4 Å². The van der Waals surface area contributed by atoms with E-state index in [2.05, 4.69) is 35.9 Å². The summed E-state index contributed by atoms with van der Waals surface area (Å²) >= 11 is 6.09. The van der Waals surface area contributed by atoms with Gasteiger partial charge >= 0.3 is 0 Å². The number of nitrogens with zero attached hydrogens (tertiary/aromatic N) is 2. The first-order valence-electron chi connectivity index (χ1n) is 9.02. The minimum atomic E-state index is -0.130. The number of piperazine rings is 1. The summed E-state index contributed by atoms with van der Waals surface area (Å²) in [5.41, 5.74) is -0.130. The molecule has 1 N–H and O–H groups in total. The standard InChI is InChI=1S/C19H30ClN3O2/c1-4-19(2,3)21-18(24)15-23-11-9-22(10-12-23)13-14-25-17-8-6-5-7-16(17)20/h5-8H,4,9-15H2,1-3H3,(H,21,24). The molecular weight excluding hydrogens is 338 g/mol. The number of carbonyl (C=O) groups is 1. The normalized spacial score (nSPS) is 16.6. The van der Waals surface area contributed by atoms with Crippen molar-refractivity contribution in [3.63, 3.8) is 0 Å². The highest BCUT2D eigenvalue weighted by atomic mass is 35.5. The molecule has 0 radical (unpaired) electrons. The first-order chi connectivity index (χ1) is 11.9. The zero-order valence-electron chi connectivity index (χ0n) is 15.6. The van der Waals surface area contributed by atoms with Crippen molar-refractivity contribution in [1.29, 1.82) is 0 Å². The number of amides is 1. The van der Waals surface area contributed by atoms with Crippen LogP contribution in [0.1, 0.15) is 27.2 Å². The van der Waals surface area contributed by atoms with Gasteiger partial charge in [0.25, 0.3) is 0 Å². The SMILES string of the molecule is CCC(C)(C)NC(=O)CN1CCN(CCOc2ccccc2Cl)CC1. The largest absolute Gasteiger partial charge is 0.491 e. The Balaban J connectivity index is 1.64. The van der Waals surface area contributed by atoms with Gasteiger partial charge < -0.3 is 10.1 Å². The molecule has 0 spiro atoms. The van der Waals surface area contributed by atoms with Crippen LogP contribution in [-0.4, -0.2) is 67.1 Å². The van der Waals surface area contributed by atoms with Crippen LogP contribution in [0.5, 0.6) is 5.75 Å². The maximum absolute atomic E-state index is 12.1. The highest BCUT2D eigenvalue weighted by Gasteiger charge is 2.22. The number of benzene rings is 1. The van der Waals surface area contributed by atoms with Gasteiger partial charge in [0.1, 0.15) is 12.4 Å². The predicted octanol–water partition coefficient (Wildman–Crippen LogP) is 2.64. The highest BCUT2D eigenvalue weighted by molar-refractivity contribution is 6.32. The third-order valence-electron chi connectivity index (χ3n) is 4.70. The van der Waals surface area contributed by atoms with E-state index in [0.29, 0.717) is 18.2 Å². The van der Waals surface area contributed by atoms with E-state index in [-0.39, 0.29) is 11.4 Å². The molecule has 1 aliphatic rings. The number of rotatable bonds is 8. The maximum atomic E-state index is 12.1. The molecule has 0 aromatic heterocycles. The van der Waals surface area contributed by atoms with Crippen LogP contribution in [0.3, 0.4) is 0 Å². The van der Waals surface area contributed by atoms with Crippen LogP contribution >= 0.6 is 11.6 Å². The van der Waals surface area contributed by atoms with Gasteiger partial charge in [-0.1, -0.05) is 30.7 Å². The molecular formula is C19H30ClN3O2. The fourth-order valence-electron chi connectivity index (χ4n) is 2.73. The Morgan fingerprint density at radius 1 is 1.20 bits per heavy atom. The summed E-state index contributed by atoms with van der Waals surface area (Å²) in [4.78, 5) is 16.7. The Bertz CT molecular complexity index is 557. The van der Waals surface area contributed by atoms with Gasteiger partial charge in [0.05, 0.1) is 11.6 Å². The van der Waals surface area contributed by atoms with E-state index in [1.165, 1.54) is 0 Å². The van der Waals surface area contributed by atoms with Gasteiger partial charge in [-0.3, -0.25) is 14.6 Å². The average molecular weight is 368 g/mol. The lowest BCUT2D eigenvalue weighted by atomic mass is 10.0. The molecule has 1 aromatic rings. The van der Waals surface area contributed by atoms with Crippen LogP contribution < -0.4 is 10.1 Å². The predicted molar refractivity (Wildman–Crippen MR) is 102 cm³/mol. The van der Waals surface area contributed by atoms with Crippen LogP contribution in [-0.2, 0) is 4.79 Å². The van der Waals surface area contributed by atoms with Crippen molar-refractivity contribution in [2.24, 2.45) is 0 Å². The van der Waals surface area contributed by atoms with Gasteiger partial charge in [0.15, 0.2) is 0 Å². The van der Waals surface area contributed by atoms with Gasteiger partial charge in [-0.25, -0.2) is 0 Å². The number of carbonyl (C=O) groups excluding carboxylic acids is 1. The van der Waals surface area contributed by atoms with Crippen molar-refractivity contribution in [2.45, 2.75) is 32.7 Å². The fraction of sp³-hybridized carbons (Fsp3) is 0.632.